The average molecular weight is 205 g/mol. The first-order valence-corrected chi connectivity index (χ1v) is 5.09. The standard InChI is InChI=1S/C9H17ClN2O/c1-7-6-12(5-4-11(7)3)9(13)8(2)10/h7-8H,4-6H2,1-3H3. The van der Waals surface area contributed by atoms with Crippen LogP contribution in [-0.2, 0) is 4.79 Å². The summed E-state index contributed by atoms with van der Waals surface area (Å²) in [5, 5.41) is -0.393. The summed E-state index contributed by atoms with van der Waals surface area (Å²) in [6.45, 7) is 6.39. The lowest BCUT2D eigenvalue weighted by atomic mass is 10.2. The summed E-state index contributed by atoms with van der Waals surface area (Å²) in [5.74, 6) is 0.0571. The molecule has 13 heavy (non-hydrogen) atoms. The summed E-state index contributed by atoms with van der Waals surface area (Å²) >= 11 is 5.74. The van der Waals surface area contributed by atoms with Crippen molar-refractivity contribution >= 4 is 17.5 Å². The highest BCUT2D eigenvalue weighted by atomic mass is 35.5. The van der Waals surface area contributed by atoms with E-state index >= 15 is 0 Å². The normalized spacial score (nSPS) is 27.4. The predicted molar refractivity (Wildman–Crippen MR) is 54.0 cm³/mol. The first-order valence-electron chi connectivity index (χ1n) is 4.65. The first kappa shape index (κ1) is 10.8. The third-order valence-corrected chi connectivity index (χ3v) is 2.80. The Hall–Kier alpha value is -0.280. The molecule has 0 aromatic carbocycles. The average Bonchev–Trinajstić information content (AvgIpc) is 2.08. The second kappa shape index (κ2) is 4.29. The second-order valence-corrected chi connectivity index (χ2v) is 4.38. The molecule has 0 spiro atoms. The molecule has 1 fully saturated rings. The van der Waals surface area contributed by atoms with Gasteiger partial charge in [0.05, 0.1) is 0 Å². The molecule has 2 unspecified atom stereocenters. The van der Waals surface area contributed by atoms with Crippen LogP contribution in [0.5, 0.6) is 0 Å². The van der Waals surface area contributed by atoms with E-state index in [1.807, 2.05) is 4.90 Å². The van der Waals surface area contributed by atoms with Gasteiger partial charge in [0.25, 0.3) is 0 Å². The molecule has 0 saturated carbocycles. The van der Waals surface area contributed by atoms with Crippen molar-refractivity contribution in [1.29, 1.82) is 0 Å². The Labute approximate surface area is 84.6 Å². The Balaban J connectivity index is 2.50. The van der Waals surface area contributed by atoms with Crippen LogP contribution in [0.3, 0.4) is 0 Å². The predicted octanol–water partition coefficient (Wildman–Crippen LogP) is 0.776. The monoisotopic (exact) mass is 204 g/mol. The van der Waals surface area contributed by atoms with E-state index in [2.05, 4.69) is 18.9 Å². The van der Waals surface area contributed by atoms with Crippen LogP contribution in [0.2, 0.25) is 0 Å². The largest absolute Gasteiger partial charge is 0.339 e. The third-order valence-electron chi connectivity index (χ3n) is 2.61. The van der Waals surface area contributed by atoms with Crippen LogP contribution in [0.15, 0.2) is 0 Å². The fraction of sp³-hybridized carbons (Fsp3) is 0.889. The van der Waals surface area contributed by atoms with E-state index in [0.717, 1.165) is 19.6 Å². The van der Waals surface area contributed by atoms with Crippen LogP contribution < -0.4 is 0 Å². The minimum absolute atomic E-state index is 0.0571. The maximum Gasteiger partial charge on any atom is 0.240 e. The minimum atomic E-state index is -0.393. The van der Waals surface area contributed by atoms with Crippen LogP contribution in [-0.4, -0.2) is 53.8 Å². The molecule has 3 nitrogen and oxygen atoms in total. The lowest BCUT2D eigenvalue weighted by Gasteiger charge is -2.38. The Morgan fingerprint density at radius 3 is 2.62 bits per heavy atom. The fourth-order valence-electron chi connectivity index (χ4n) is 1.50. The van der Waals surface area contributed by atoms with E-state index < -0.39 is 5.38 Å². The highest BCUT2D eigenvalue weighted by molar-refractivity contribution is 6.30. The smallest absolute Gasteiger partial charge is 0.240 e. The van der Waals surface area contributed by atoms with Crippen LogP contribution in [0.4, 0.5) is 0 Å². The summed E-state index contributed by atoms with van der Waals surface area (Å²) in [6, 6.07) is 0.438. The van der Waals surface area contributed by atoms with Gasteiger partial charge < -0.3 is 9.80 Å². The van der Waals surface area contributed by atoms with Gasteiger partial charge in [0.1, 0.15) is 5.38 Å². The molecule has 76 valence electrons. The summed E-state index contributed by atoms with van der Waals surface area (Å²) in [4.78, 5) is 15.6. The van der Waals surface area contributed by atoms with E-state index in [-0.39, 0.29) is 5.91 Å². The minimum Gasteiger partial charge on any atom is -0.339 e. The summed E-state index contributed by atoms with van der Waals surface area (Å²) < 4.78 is 0. The zero-order valence-corrected chi connectivity index (χ0v) is 9.21. The molecule has 0 aromatic rings. The lowest BCUT2D eigenvalue weighted by molar-refractivity contribution is -0.133. The molecule has 0 aliphatic carbocycles. The summed E-state index contributed by atoms with van der Waals surface area (Å²) in [7, 11) is 2.08. The Morgan fingerprint density at radius 2 is 2.15 bits per heavy atom. The SMILES string of the molecule is CC(Cl)C(=O)N1CCN(C)C(C)C1. The number of rotatable bonds is 1. The molecule has 2 atom stereocenters. The Kier molecular flexibility index (Phi) is 3.56. The molecular formula is C9H17ClN2O. The van der Waals surface area contributed by atoms with Gasteiger partial charge in [-0.05, 0) is 20.9 Å². The quantitative estimate of drug-likeness (QED) is 0.590. The molecule has 0 bridgehead atoms. The molecule has 4 heteroatoms. The van der Waals surface area contributed by atoms with Crippen LogP contribution in [0.1, 0.15) is 13.8 Å². The van der Waals surface area contributed by atoms with E-state index in [1.165, 1.54) is 0 Å². The van der Waals surface area contributed by atoms with Gasteiger partial charge in [0, 0.05) is 25.7 Å². The van der Waals surface area contributed by atoms with Crippen molar-refractivity contribution in [3.8, 4) is 0 Å². The van der Waals surface area contributed by atoms with Gasteiger partial charge in [0.2, 0.25) is 5.91 Å². The molecule has 1 aliphatic rings. The maximum absolute atomic E-state index is 11.5. The molecule has 1 aliphatic heterocycles. The topological polar surface area (TPSA) is 23.6 Å². The van der Waals surface area contributed by atoms with Crippen LogP contribution in [0, 0.1) is 0 Å². The van der Waals surface area contributed by atoms with Gasteiger partial charge in [-0.1, -0.05) is 0 Å². The first-order chi connectivity index (χ1) is 6.02. The number of hydrogen-bond donors (Lipinski definition) is 0. The van der Waals surface area contributed by atoms with Crippen molar-refractivity contribution in [2.75, 3.05) is 26.7 Å². The molecule has 0 radical (unpaired) electrons. The van der Waals surface area contributed by atoms with E-state index in [1.54, 1.807) is 6.92 Å². The molecule has 1 heterocycles. The Morgan fingerprint density at radius 1 is 1.54 bits per heavy atom. The number of hydrogen-bond acceptors (Lipinski definition) is 2. The summed E-state index contributed by atoms with van der Waals surface area (Å²) in [5.41, 5.74) is 0. The fourth-order valence-corrected chi connectivity index (χ4v) is 1.64. The molecule has 1 saturated heterocycles. The van der Waals surface area contributed by atoms with Gasteiger partial charge in [-0.25, -0.2) is 0 Å². The Bertz CT molecular complexity index is 196. The van der Waals surface area contributed by atoms with Gasteiger partial charge in [0.15, 0.2) is 0 Å². The number of likely N-dealkylation sites (N-methyl/N-ethyl adjacent to an activating group) is 1. The highest BCUT2D eigenvalue weighted by Crippen LogP contribution is 2.10. The van der Waals surface area contributed by atoms with Crippen molar-refractivity contribution in [3.63, 3.8) is 0 Å². The second-order valence-electron chi connectivity index (χ2n) is 3.73. The number of alkyl halides is 1. The lowest BCUT2D eigenvalue weighted by Crippen LogP contribution is -2.53. The van der Waals surface area contributed by atoms with Crippen LogP contribution >= 0.6 is 11.6 Å². The van der Waals surface area contributed by atoms with Crippen molar-refractivity contribution in [2.45, 2.75) is 25.3 Å². The maximum atomic E-state index is 11.5. The van der Waals surface area contributed by atoms with Gasteiger partial charge >= 0.3 is 0 Å². The van der Waals surface area contributed by atoms with E-state index in [9.17, 15) is 4.79 Å². The third kappa shape index (κ3) is 2.58. The van der Waals surface area contributed by atoms with Crippen molar-refractivity contribution < 1.29 is 4.79 Å². The molecular weight excluding hydrogens is 188 g/mol. The van der Waals surface area contributed by atoms with Crippen molar-refractivity contribution in [2.24, 2.45) is 0 Å². The zero-order valence-electron chi connectivity index (χ0n) is 8.46. The molecule has 0 N–H and O–H groups in total. The number of nitrogens with zero attached hydrogens (tertiary/aromatic N) is 2. The molecule has 0 aromatic heterocycles. The number of carbonyl (C=O) groups is 1. The highest BCUT2D eigenvalue weighted by Gasteiger charge is 2.26. The van der Waals surface area contributed by atoms with Gasteiger partial charge in [-0.3, -0.25) is 4.79 Å². The van der Waals surface area contributed by atoms with Crippen molar-refractivity contribution in [3.05, 3.63) is 0 Å². The van der Waals surface area contributed by atoms with Gasteiger partial charge in [-0.2, -0.15) is 0 Å². The summed E-state index contributed by atoms with van der Waals surface area (Å²) in [6.07, 6.45) is 0. The number of carbonyl (C=O) groups excluding carboxylic acids is 1. The van der Waals surface area contributed by atoms with Crippen LogP contribution in [0.25, 0.3) is 0 Å². The van der Waals surface area contributed by atoms with Crippen molar-refractivity contribution in [1.82, 2.24) is 9.80 Å². The number of amides is 1. The molecule has 1 amide bonds. The number of piperazine rings is 1. The zero-order chi connectivity index (χ0) is 10.0. The molecule has 1 rings (SSSR count). The van der Waals surface area contributed by atoms with E-state index in [0.29, 0.717) is 6.04 Å². The van der Waals surface area contributed by atoms with E-state index in [4.69, 9.17) is 11.6 Å². The van der Waals surface area contributed by atoms with Gasteiger partial charge in [-0.15, -0.1) is 11.6 Å². The number of halogens is 1.